The molecular weight excluding hydrogens is 366 g/mol. The van der Waals surface area contributed by atoms with Crippen LogP contribution in [-0.2, 0) is 28.8 Å². The molecule has 0 spiro atoms. The zero-order valence-corrected chi connectivity index (χ0v) is 14.7. The van der Waals surface area contributed by atoms with Gasteiger partial charge in [0.1, 0.15) is 18.1 Å². The highest BCUT2D eigenvalue weighted by Gasteiger charge is 2.27. The zero-order chi connectivity index (χ0) is 21.3. The summed E-state index contributed by atoms with van der Waals surface area (Å²) in [6.45, 7) is 2.53. The maximum atomic E-state index is 12.0. The molecule has 13 heteroatoms. The van der Waals surface area contributed by atoms with E-state index in [-0.39, 0.29) is 0 Å². The molecule has 152 valence electrons. The van der Waals surface area contributed by atoms with E-state index in [2.05, 4.69) is 10.6 Å². The Hall–Kier alpha value is -3.22. The quantitative estimate of drug-likeness (QED) is 0.183. The number of primary amides is 1. The van der Waals surface area contributed by atoms with Gasteiger partial charge in [0.15, 0.2) is 0 Å². The Bertz CT molecular complexity index is 623. The lowest BCUT2D eigenvalue weighted by Crippen LogP contribution is -2.55. The Morgan fingerprint density at radius 2 is 1.26 bits per heavy atom. The number of nitrogens with two attached hydrogens (primary N) is 2. The van der Waals surface area contributed by atoms with Crippen LogP contribution < -0.4 is 27.4 Å². The van der Waals surface area contributed by atoms with Crippen LogP contribution in [0.15, 0.2) is 0 Å². The predicted octanol–water partition coefficient (Wildman–Crippen LogP) is -3.76. The first kappa shape index (κ1) is 23.8. The highest BCUT2D eigenvalue weighted by Crippen LogP contribution is 1.96. The molecule has 0 aromatic carbocycles. The van der Waals surface area contributed by atoms with Crippen LogP contribution in [0.2, 0.25) is 0 Å². The highest BCUT2D eigenvalue weighted by atomic mass is 16.4. The second kappa shape index (κ2) is 10.7. The number of nitrogens with one attached hydrogen (secondary N) is 3. The van der Waals surface area contributed by atoms with E-state index >= 15 is 0 Å². The summed E-state index contributed by atoms with van der Waals surface area (Å²) in [5, 5.41) is 24.0. The minimum atomic E-state index is -1.56. The van der Waals surface area contributed by atoms with E-state index in [1.54, 1.807) is 0 Å². The molecule has 0 fully saturated rings. The smallest absolute Gasteiger partial charge is 0.326 e. The minimum absolute atomic E-state index is 0.629. The molecule has 0 aliphatic carbocycles. The third-order valence-electron chi connectivity index (χ3n) is 3.26. The Balaban J connectivity index is 4.67. The number of aliphatic carboxylic acids is 2. The molecule has 4 atom stereocenters. The highest BCUT2D eigenvalue weighted by molar-refractivity contribution is 5.95. The van der Waals surface area contributed by atoms with Gasteiger partial charge >= 0.3 is 11.9 Å². The Morgan fingerprint density at radius 3 is 1.67 bits per heavy atom. The Kier molecular flexibility index (Phi) is 9.42. The molecule has 0 bridgehead atoms. The normalized spacial score (nSPS) is 14.8. The number of carbonyl (C=O) groups excluding carboxylic acids is 4. The molecule has 0 aromatic heterocycles. The van der Waals surface area contributed by atoms with E-state index in [1.165, 1.54) is 13.8 Å². The average Bonchev–Trinajstić information content (AvgIpc) is 2.52. The molecule has 13 nitrogen and oxygen atoms in total. The fourth-order valence-electron chi connectivity index (χ4n) is 1.77. The van der Waals surface area contributed by atoms with Crippen molar-refractivity contribution in [2.45, 2.75) is 50.9 Å². The van der Waals surface area contributed by atoms with Crippen LogP contribution in [-0.4, -0.2) is 69.9 Å². The molecule has 27 heavy (non-hydrogen) atoms. The molecule has 4 unspecified atom stereocenters. The first-order valence-corrected chi connectivity index (χ1v) is 7.74. The van der Waals surface area contributed by atoms with Gasteiger partial charge in [-0.05, 0) is 13.8 Å². The molecule has 0 heterocycles. The third-order valence-corrected chi connectivity index (χ3v) is 3.26. The van der Waals surface area contributed by atoms with Crippen molar-refractivity contribution < 1.29 is 39.0 Å². The lowest BCUT2D eigenvalue weighted by molar-refractivity contribution is -0.143. The predicted molar refractivity (Wildman–Crippen MR) is 88.8 cm³/mol. The summed E-state index contributed by atoms with van der Waals surface area (Å²) in [4.78, 5) is 67.9. The summed E-state index contributed by atoms with van der Waals surface area (Å²) in [5.74, 6) is -6.26. The van der Waals surface area contributed by atoms with Crippen LogP contribution in [0.1, 0.15) is 26.7 Å². The van der Waals surface area contributed by atoms with Gasteiger partial charge in [0.05, 0.1) is 18.9 Å². The monoisotopic (exact) mass is 389 g/mol. The first-order valence-electron chi connectivity index (χ1n) is 7.74. The van der Waals surface area contributed by atoms with Crippen molar-refractivity contribution in [1.29, 1.82) is 0 Å². The number of rotatable bonds is 11. The summed E-state index contributed by atoms with van der Waals surface area (Å²) >= 11 is 0. The number of hydrogen-bond acceptors (Lipinski definition) is 7. The van der Waals surface area contributed by atoms with Gasteiger partial charge in [-0.3, -0.25) is 24.0 Å². The third kappa shape index (κ3) is 9.15. The molecule has 0 aliphatic rings. The molecule has 0 aromatic rings. The first-order chi connectivity index (χ1) is 12.3. The SMILES string of the molecule is CC(NC(=O)C(N)CC(=O)O)C(=O)NC(C)C(=O)NC(CC(N)=O)C(=O)O. The van der Waals surface area contributed by atoms with E-state index in [1.807, 2.05) is 5.32 Å². The van der Waals surface area contributed by atoms with Gasteiger partial charge in [-0.25, -0.2) is 4.79 Å². The Labute approximate surface area is 153 Å². The van der Waals surface area contributed by atoms with E-state index in [0.717, 1.165) is 0 Å². The van der Waals surface area contributed by atoms with Crippen molar-refractivity contribution in [1.82, 2.24) is 16.0 Å². The second-order valence-electron chi connectivity index (χ2n) is 5.73. The van der Waals surface area contributed by atoms with Crippen LogP contribution in [0.5, 0.6) is 0 Å². The van der Waals surface area contributed by atoms with Gasteiger partial charge in [0.25, 0.3) is 0 Å². The van der Waals surface area contributed by atoms with Crippen LogP contribution in [0.3, 0.4) is 0 Å². The van der Waals surface area contributed by atoms with E-state index in [9.17, 15) is 28.8 Å². The fraction of sp³-hybridized carbons (Fsp3) is 0.571. The van der Waals surface area contributed by atoms with Gasteiger partial charge in [-0.15, -0.1) is 0 Å². The van der Waals surface area contributed by atoms with Crippen LogP contribution in [0.25, 0.3) is 0 Å². The fourth-order valence-corrected chi connectivity index (χ4v) is 1.77. The maximum Gasteiger partial charge on any atom is 0.326 e. The summed E-state index contributed by atoms with van der Waals surface area (Å²) < 4.78 is 0. The van der Waals surface area contributed by atoms with E-state index in [0.29, 0.717) is 0 Å². The summed E-state index contributed by atoms with van der Waals surface area (Å²) in [5.41, 5.74) is 10.3. The molecule has 0 saturated carbocycles. The van der Waals surface area contributed by atoms with Crippen molar-refractivity contribution in [3.8, 4) is 0 Å². The zero-order valence-electron chi connectivity index (χ0n) is 14.7. The summed E-state index contributed by atoms with van der Waals surface area (Å²) in [6.07, 6.45) is -1.26. The number of amides is 4. The molecule has 0 aliphatic heterocycles. The summed E-state index contributed by atoms with van der Waals surface area (Å²) in [6, 6.07) is -5.25. The van der Waals surface area contributed by atoms with Crippen molar-refractivity contribution in [2.75, 3.05) is 0 Å². The largest absolute Gasteiger partial charge is 0.481 e. The van der Waals surface area contributed by atoms with Gasteiger partial charge in [-0.1, -0.05) is 0 Å². The van der Waals surface area contributed by atoms with E-state index in [4.69, 9.17) is 21.7 Å². The van der Waals surface area contributed by atoms with Gasteiger partial charge in [0.2, 0.25) is 23.6 Å². The van der Waals surface area contributed by atoms with Crippen molar-refractivity contribution in [3.05, 3.63) is 0 Å². The van der Waals surface area contributed by atoms with Crippen molar-refractivity contribution >= 4 is 35.6 Å². The number of carbonyl (C=O) groups is 6. The van der Waals surface area contributed by atoms with Gasteiger partial charge < -0.3 is 37.6 Å². The molecule has 0 saturated heterocycles. The molecule has 0 radical (unpaired) electrons. The van der Waals surface area contributed by atoms with Crippen LogP contribution in [0, 0.1) is 0 Å². The second-order valence-corrected chi connectivity index (χ2v) is 5.73. The van der Waals surface area contributed by atoms with Crippen molar-refractivity contribution in [2.24, 2.45) is 11.5 Å². The van der Waals surface area contributed by atoms with E-state index < -0.39 is 72.6 Å². The average molecular weight is 389 g/mol. The number of carboxylic acids is 2. The van der Waals surface area contributed by atoms with Crippen LogP contribution in [0.4, 0.5) is 0 Å². The molecule has 0 rings (SSSR count). The summed E-state index contributed by atoms with van der Waals surface area (Å²) in [7, 11) is 0. The molecule has 9 N–H and O–H groups in total. The van der Waals surface area contributed by atoms with Gasteiger partial charge in [0, 0.05) is 0 Å². The standard InChI is InChI=1S/C14H23N5O8/c1-5(18-13(25)7(15)3-10(21)22)11(23)17-6(2)12(24)19-8(14(26)27)4-9(16)20/h5-8H,3-4,15H2,1-2H3,(H2,16,20)(H,17,23)(H,18,25)(H,19,24)(H,21,22)(H,26,27). The molecule has 4 amide bonds. The van der Waals surface area contributed by atoms with Crippen molar-refractivity contribution in [3.63, 3.8) is 0 Å². The topological polar surface area (TPSA) is 231 Å². The number of carboxylic acid groups (broad SMARTS) is 2. The Morgan fingerprint density at radius 1 is 0.815 bits per heavy atom. The molecular formula is C14H23N5O8. The van der Waals surface area contributed by atoms with Gasteiger partial charge in [-0.2, -0.15) is 0 Å². The lowest BCUT2D eigenvalue weighted by atomic mass is 10.1. The lowest BCUT2D eigenvalue weighted by Gasteiger charge is -2.21. The van der Waals surface area contributed by atoms with Crippen LogP contribution >= 0.6 is 0 Å². The maximum absolute atomic E-state index is 12.0. The minimum Gasteiger partial charge on any atom is -0.481 e. The number of hydrogen-bond donors (Lipinski definition) is 7.